The number of rotatable bonds is 8. The summed E-state index contributed by atoms with van der Waals surface area (Å²) in [6, 6.07) is 5.37. The monoisotopic (exact) mass is 307 g/mol. The number of hydrogen-bond acceptors (Lipinski definition) is 3. The van der Waals surface area contributed by atoms with Crippen molar-refractivity contribution in [3.63, 3.8) is 0 Å². The van der Waals surface area contributed by atoms with Gasteiger partial charge in [-0.2, -0.15) is 0 Å². The summed E-state index contributed by atoms with van der Waals surface area (Å²) in [6.07, 6.45) is 3.00. The van der Waals surface area contributed by atoms with Crippen LogP contribution < -0.4 is 10.5 Å². The molecule has 0 spiro atoms. The summed E-state index contributed by atoms with van der Waals surface area (Å²) in [5, 5.41) is 10.2. The standard InChI is InChI=1S/C18H29NO3/c1-5-7-15(18(2,3)4)14-12-13(9-10-16(14)20)22-11-6-8-17(19)21/h9-10,12,15,20H,5-8,11H2,1-4H3,(H2,19,21). The van der Waals surface area contributed by atoms with Gasteiger partial charge in [-0.1, -0.05) is 34.1 Å². The molecule has 3 N–H and O–H groups in total. The highest BCUT2D eigenvalue weighted by Crippen LogP contribution is 2.43. The van der Waals surface area contributed by atoms with E-state index in [0.717, 1.165) is 24.2 Å². The van der Waals surface area contributed by atoms with Gasteiger partial charge in [-0.3, -0.25) is 4.79 Å². The van der Waals surface area contributed by atoms with Crippen LogP contribution in [-0.2, 0) is 4.79 Å². The van der Waals surface area contributed by atoms with Gasteiger partial charge in [0.05, 0.1) is 6.61 Å². The molecule has 1 atom stereocenters. The van der Waals surface area contributed by atoms with Crippen LogP contribution in [0.15, 0.2) is 18.2 Å². The molecule has 1 unspecified atom stereocenters. The SMILES string of the molecule is CCCC(c1cc(OCCCC(N)=O)ccc1O)C(C)(C)C. The predicted molar refractivity (Wildman–Crippen MR) is 89.1 cm³/mol. The van der Waals surface area contributed by atoms with E-state index in [9.17, 15) is 9.90 Å². The second-order valence-corrected chi connectivity index (χ2v) is 6.85. The molecule has 1 aromatic rings. The summed E-state index contributed by atoms with van der Waals surface area (Å²) in [4.78, 5) is 10.7. The molecule has 4 heteroatoms. The molecule has 0 radical (unpaired) electrons. The van der Waals surface area contributed by atoms with Crippen molar-refractivity contribution in [1.29, 1.82) is 0 Å². The smallest absolute Gasteiger partial charge is 0.217 e. The molecule has 0 aliphatic rings. The van der Waals surface area contributed by atoms with E-state index in [1.807, 2.05) is 6.07 Å². The van der Waals surface area contributed by atoms with E-state index in [4.69, 9.17) is 10.5 Å². The summed E-state index contributed by atoms with van der Waals surface area (Å²) < 4.78 is 5.67. The second-order valence-electron chi connectivity index (χ2n) is 6.85. The van der Waals surface area contributed by atoms with E-state index in [2.05, 4.69) is 27.7 Å². The van der Waals surface area contributed by atoms with Crippen LogP contribution in [0.4, 0.5) is 0 Å². The van der Waals surface area contributed by atoms with Gasteiger partial charge in [-0.25, -0.2) is 0 Å². The van der Waals surface area contributed by atoms with E-state index < -0.39 is 0 Å². The van der Waals surface area contributed by atoms with Gasteiger partial charge in [-0.05, 0) is 42.4 Å². The van der Waals surface area contributed by atoms with E-state index in [-0.39, 0.29) is 17.2 Å². The van der Waals surface area contributed by atoms with Crippen LogP contribution in [0.1, 0.15) is 64.9 Å². The second kappa shape index (κ2) is 8.06. The fourth-order valence-corrected chi connectivity index (χ4v) is 2.68. The van der Waals surface area contributed by atoms with Gasteiger partial charge in [0.1, 0.15) is 11.5 Å². The maximum absolute atomic E-state index is 10.7. The van der Waals surface area contributed by atoms with Gasteiger partial charge in [-0.15, -0.1) is 0 Å². The quantitative estimate of drug-likeness (QED) is 0.714. The molecule has 1 rings (SSSR count). The average Bonchev–Trinajstić information content (AvgIpc) is 2.41. The Bertz CT molecular complexity index is 492. The minimum Gasteiger partial charge on any atom is -0.508 e. The summed E-state index contributed by atoms with van der Waals surface area (Å²) in [5.41, 5.74) is 6.11. The van der Waals surface area contributed by atoms with Crippen LogP contribution in [0.2, 0.25) is 0 Å². The topological polar surface area (TPSA) is 72.5 Å². The molecule has 0 aromatic heterocycles. The van der Waals surface area contributed by atoms with Crippen molar-refractivity contribution in [2.45, 2.75) is 59.3 Å². The largest absolute Gasteiger partial charge is 0.508 e. The average molecular weight is 307 g/mol. The summed E-state index contributed by atoms with van der Waals surface area (Å²) in [5.74, 6) is 0.998. The number of primary amides is 1. The van der Waals surface area contributed by atoms with Crippen molar-refractivity contribution < 1.29 is 14.6 Å². The molecule has 0 saturated carbocycles. The first kappa shape index (κ1) is 18.3. The number of nitrogens with two attached hydrogens (primary N) is 1. The molecule has 0 saturated heterocycles. The maximum Gasteiger partial charge on any atom is 0.217 e. The van der Waals surface area contributed by atoms with Gasteiger partial charge < -0.3 is 15.6 Å². The number of benzene rings is 1. The molecule has 1 aromatic carbocycles. The normalized spacial score (nSPS) is 12.9. The minimum atomic E-state index is -0.314. The van der Waals surface area contributed by atoms with E-state index >= 15 is 0 Å². The molecule has 0 heterocycles. The van der Waals surface area contributed by atoms with Crippen molar-refractivity contribution in [2.75, 3.05) is 6.61 Å². The lowest BCUT2D eigenvalue weighted by molar-refractivity contribution is -0.118. The van der Waals surface area contributed by atoms with Crippen molar-refractivity contribution in [3.05, 3.63) is 23.8 Å². The first-order valence-corrected chi connectivity index (χ1v) is 7.99. The lowest BCUT2D eigenvalue weighted by Gasteiger charge is -2.31. The number of phenolic OH excluding ortho intramolecular Hbond substituents is 1. The van der Waals surface area contributed by atoms with Gasteiger partial charge >= 0.3 is 0 Å². The van der Waals surface area contributed by atoms with E-state index in [1.54, 1.807) is 12.1 Å². The molecule has 124 valence electrons. The van der Waals surface area contributed by atoms with Crippen LogP contribution >= 0.6 is 0 Å². The van der Waals surface area contributed by atoms with Crippen molar-refractivity contribution in [2.24, 2.45) is 11.1 Å². The van der Waals surface area contributed by atoms with Crippen molar-refractivity contribution >= 4 is 5.91 Å². The lowest BCUT2D eigenvalue weighted by Crippen LogP contribution is -2.18. The Morgan fingerprint density at radius 2 is 2.05 bits per heavy atom. The number of aromatic hydroxyl groups is 1. The fourth-order valence-electron chi connectivity index (χ4n) is 2.68. The third-order valence-corrected chi connectivity index (χ3v) is 3.83. The lowest BCUT2D eigenvalue weighted by atomic mass is 9.74. The van der Waals surface area contributed by atoms with Gasteiger partial charge in [0, 0.05) is 12.0 Å². The molecule has 0 aliphatic carbocycles. The number of ether oxygens (including phenoxy) is 1. The Labute approximate surface area is 133 Å². The summed E-state index contributed by atoms with van der Waals surface area (Å²) in [7, 11) is 0. The van der Waals surface area contributed by atoms with E-state index in [1.165, 1.54) is 0 Å². The molecule has 0 aliphatic heterocycles. The number of phenols is 1. The fraction of sp³-hybridized carbons (Fsp3) is 0.611. The zero-order valence-corrected chi connectivity index (χ0v) is 14.2. The number of carbonyl (C=O) groups excluding carboxylic acids is 1. The van der Waals surface area contributed by atoms with Gasteiger partial charge in [0.25, 0.3) is 0 Å². The number of carbonyl (C=O) groups is 1. The molecule has 0 fully saturated rings. The first-order valence-electron chi connectivity index (χ1n) is 7.99. The molecule has 0 bridgehead atoms. The van der Waals surface area contributed by atoms with Crippen LogP contribution in [0, 0.1) is 5.41 Å². The Morgan fingerprint density at radius 3 is 2.59 bits per heavy atom. The Kier molecular flexibility index (Phi) is 6.72. The third kappa shape index (κ3) is 5.58. The molecular weight excluding hydrogens is 278 g/mol. The van der Waals surface area contributed by atoms with Crippen molar-refractivity contribution in [1.82, 2.24) is 0 Å². The van der Waals surface area contributed by atoms with Crippen LogP contribution in [0.25, 0.3) is 0 Å². The molecule has 22 heavy (non-hydrogen) atoms. The molecule has 4 nitrogen and oxygen atoms in total. The minimum absolute atomic E-state index is 0.0675. The Hall–Kier alpha value is -1.71. The maximum atomic E-state index is 10.7. The van der Waals surface area contributed by atoms with E-state index in [0.29, 0.717) is 25.2 Å². The van der Waals surface area contributed by atoms with Crippen LogP contribution in [0.3, 0.4) is 0 Å². The van der Waals surface area contributed by atoms with Crippen LogP contribution in [0.5, 0.6) is 11.5 Å². The zero-order valence-electron chi connectivity index (χ0n) is 14.2. The van der Waals surface area contributed by atoms with Gasteiger partial charge in [0.2, 0.25) is 5.91 Å². The molecular formula is C18H29NO3. The highest BCUT2D eigenvalue weighted by Gasteiger charge is 2.27. The molecule has 1 amide bonds. The van der Waals surface area contributed by atoms with Crippen LogP contribution in [-0.4, -0.2) is 17.6 Å². The van der Waals surface area contributed by atoms with Crippen molar-refractivity contribution in [3.8, 4) is 11.5 Å². The highest BCUT2D eigenvalue weighted by atomic mass is 16.5. The van der Waals surface area contributed by atoms with Gasteiger partial charge in [0.15, 0.2) is 0 Å². The zero-order chi connectivity index (χ0) is 16.8. The summed E-state index contributed by atoms with van der Waals surface area (Å²) in [6.45, 7) is 9.16. The number of amides is 1. The predicted octanol–water partition coefficient (Wildman–Crippen LogP) is 3.97. The summed E-state index contributed by atoms with van der Waals surface area (Å²) >= 11 is 0. The number of hydrogen-bond donors (Lipinski definition) is 2. The first-order chi connectivity index (χ1) is 10.3. The Balaban J connectivity index is 2.86. The highest BCUT2D eigenvalue weighted by molar-refractivity contribution is 5.73. The third-order valence-electron chi connectivity index (χ3n) is 3.83. The Morgan fingerprint density at radius 1 is 1.36 bits per heavy atom.